The van der Waals surface area contributed by atoms with Gasteiger partial charge in [-0.25, -0.2) is 0 Å². The minimum absolute atomic E-state index is 0.0551. The van der Waals surface area contributed by atoms with Crippen LogP contribution in [0.1, 0.15) is 30.1 Å². The minimum atomic E-state index is -4.44. The average Bonchev–Trinajstić information content (AvgIpc) is 2.38. The first-order valence-corrected chi connectivity index (χ1v) is 5.92. The summed E-state index contributed by atoms with van der Waals surface area (Å²) in [6.45, 7) is 0.928. The highest BCUT2D eigenvalue weighted by atomic mass is 19.4. The topological polar surface area (TPSA) is 29.5 Å². The highest BCUT2D eigenvalue weighted by Crippen LogP contribution is 2.38. The Morgan fingerprint density at radius 1 is 1.28 bits per heavy atom. The van der Waals surface area contributed by atoms with Crippen LogP contribution in [0.15, 0.2) is 24.3 Å². The van der Waals surface area contributed by atoms with E-state index in [0.29, 0.717) is 19.6 Å². The van der Waals surface area contributed by atoms with Gasteiger partial charge in [0.2, 0.25) is 0 Å². The molecule has 18 heavy (non-hydrogen) atoms. The summed E-state index contributed by atoms with van der Waals surface area (Å²) in [5.41, 5.74) is -0.816. The molecular formula is C13H15F3O2. The highest BCUT2D eigenvalue weighted by Gasteiger charge is 2.36. The fraction of sp³-hybridized carbons (Fsp3) is 0.538. The lowest BCUT2D eigenvalue weighted by atomic mass is 9.88. The van der Waals surface area contributed by atoms with Gasteiger partial charge in [-0.3, -0.25) is 0 Å². The molecule has 0 saturated carbocycles. The highest BCUT2D eigenvalue weighted by molar-refractivity contribution is 5.31. The summed E-state index contributed by atoms with van der Waals surface area (Å²) in [6.07, 6.45) is -4.10. The predicted molar refractivity (Wildman–Crippen MR) is 59.9 cm³/mol. The molecule has 0 aliphatic carbocycles. The zero-order valence-electron chi connectivity index (χ0n) is 9.78. The lowest BCUT2D eigenvalue weighted by molar-refractivity contribution is -0.140. The minimum Gasteiger partial charge on any atom is -0.388 e. The van der Waals surface area contributed by atoms with Gasteiger partial charge >= 0.3 is 6.18 Å². The Morgan fingerprint density at radius 3 is 2.61 bits per heavy atom. The molecule has 0 bridgehead atoms. The summed E-state index contributed by atoms with van der Waals surface area (Å²) in [5, 5.41) is 10.1. The third-order valence-corrected chi connectivity index (χ3v) is 3.23. The normalized spacial score (nSPS) is 22.8. The van der Waals surface area contributed by atoms with Gasteiger partial charge in [-0.15, -0.1) is 0 Å². The van der Waals surface area contributed by atoms with Gasteiger partial charge < -0.3 is 9.84 Å². The van der Waals surface area contributed by atoms with E-state index in [2.05, 4.69) is 0 Å². The van der Waals surface area contributed by atoms with Gasteiger partial charge in [0.1, 0.15) is 0 Å². The van der Waals surface area contributed by atoms with Crippen molar-refractivity contribution >= 4 is 0 Å². The lowest BCUT2D eigenvalue weighted by Gasteiger charge is -2.28. The predicted octanol–water partition coefficient (Wildman–Crippen LogP) is 3.17. The van der Waals surface area contributed by atoms with Crippen LogP contribution >= 0.6 is 0 Å². The number of rotatable bonds is 2. The van der Waals surface area contributed by atoms with Crippen molar-refractivity contribution < 1.29 is 23.0 Å². The molecule has 0 aromatic heterocycles. The molecule has 1 heterocycles. The molecule has 1 aromatic rings. The van der Waals surface area contributed by atoms with Crippen LogP contribution in [0, 0.1) is 5.92 Å². The molecule has 0 radical (unpaired) electrons. The Labute approximate surface area is 103 Å². The average molecular weight is 260 g/mol. The number of hydrogen-bond donors (Lipinski definition) is 1. The lowest BCUT2D eigenvalue weighted by Crippen LogP contribution is -2.25. The van der Waals surface area contributed by atoms with Gasteiger partial charge in [-0.05, 0) is 24.5 Å². The van der Waals surface area contributed by atoms with Crippen LogP contribution in [-0.2, 0) is 10.9 Å². The quantitative estimate of drug-likeness (QED) is 0.885. The third-order valence-electron chi connectivity index (χ3n) is 3.23. The monoisotopic (exact) mass is 260 g/mol. The van der Waals surface area contributed by atoms with Crippen molar-refractivity contribution in [2.45, 2.75) is 25.1 Å². The number of aliphatic hydroxyl groups excluding tert-OH is 1. The molecular weight excluding hydrogens is 245 g/mol. The smallest absolute Gasteiger partial charge is 0.388 e. The van der Waals surface area contributed by atoms with E-state index in [-0.39, 0.29) is 11.5 Å². The molecule has 1 saturated heterocycles. The maximum Gasteiger partial charge on any atom is 0.416 e. The second-order valence-corrected chi connectivity index (χ2v) is 4.51. The Bertz CT molecular complexity index is 397. The summed E-state index contributed by atoms with van der Waals surface area (Å²) >= 11 is 0. The number of hydrogen-bond acceptors (Lipinski definition) is 2. The zero-order chi connectivity index (χ0) is 13.2. The number of benzene rings is 1. The van der Waals surface area contributed by atoms with E-state index in [9.17, 15) is 18.3 Å². The van der Waals surface area contributed by atoms with Crippen molar-refractivity contribution in [3.8, 4) is 0 Å². The summed E-state index contributed by atoms with van der Waals surface area (Å²) < 4.78 is 43.7. The Hall–Kier alpha value is -1.07. The van der Waals surface area contributed by atoms with Crippen LogP contribution in [0.2, 0.25) is 0 Å². The first-order valence-electron chi connectivity index (χ1n) is 5.92. The number of alkyl halides is 3. The van der Waals surface area contributed by atoms with Crippen molar-refractivity contribution in [2.75, 3.05) is 13.2 Å². The van der Waals surface area contributed by atoms with Crippen LogP contribution in [0.25, 0.3) is 0 Å². The van der Waals surface area contributed by atoms with Crippen molar-refractivity contribution in [3.63, 3.8) is 0 Å². The van der Waals surface area contributed by atoms with E-state index in [1.807, 2.05) is 0 Å². The molecule has 1 N–H and O–H groups in total. The van der Waals surface area contributed by atoms with E-state index in [1.165, 1.54) is 18.2 Å². The van der Waals surface area contributed by atoms with Crippen molar-refractivity contribution in [1.82, 2.24) is 0 Å². The molecule has 1 aliphatic heterocycles. The SMILES string of the molecule is OC(c1ccccc1C(F)(F)F)C1CCCOC1. The van der Waals surface area contributed by atoms with Gasteiger partial charge in [-0.2, -0.15) is 13.2 Å². The van der Waals surface area contributed by atoms with E-state index < -0.39 is 17.8 Å². The van der Waals surface area contributed by atoms with Crippen molar-refractivity contribution in [3.05, 3.63) is 35.4 Å². The molecule has 5 heteroatoms. The molecule has 2 nitrogen and oxygen atoms in total. The van der Waals surface area contributed by atoms with Gasteiger partial charge in [0.05, 0.1) is 18.3 Å². The van der Waals surface area contributed by atoms with Crippen LogP contribution < -0.4 is 0 Å². The molecule has 100 valence electrons. The first kappa shape index (κ1) is 13.4. The van der Waals surface area contributed by atoms with Crippen molar-refractivity contribution in [1.29, 1.82) is 0 Å². The maximum atomic E-state index is 12.8. The van der Waals surface area contributed by atoms with Gasteiger partial charge in [-0.1, -0.05) is 18.2 Å². The van der Waals surface area contributed by atoms with E-state index in [0.717, 1.165) is 12.5 Å². The summed E-state index contributed by atoms with van der Waals surface area (Å²) in [7, 11) is 0. The summed E-state index contributed by atoms with van der Waals surface area (Å²) in [6, 6.07) is 5.18. The van der Waals surface area contributed by atoms with E-state index >= 15 is 0 Å². The largest absolute Gasteiger partial charge is 0.416 e. The molecule has 0 spiro atoms. The van der Waals surface area contributed by atoms with E-state index in [1.54, 1.807) is 0 Å². The zero-order valence-corrected chi connectivity index (χ0v) is 9.78. The van der Waals surface area contributed by atoms with Crippen LogP contribution in [0.5, 0.6) is 0 Å². The molecule has 2 atom stereocenters. The second kappa shape index (κ2) is 5.28. The van der Waals surface area contributed by atoms with Gasteiger partial charge in [0, 0.05) is 12.5 Å². The number of halogens is 3. The maximum absolute atomic E-state index is 12.8. The van der Waals surface area contributed by atoms with Crippen LogP contribution in [0.4, 0.5) is 13.2 Å². The third kappa shape index (κ3) is 2.84. The summed E-state index contributed by atoms with van der Waals surface area (Å²) in [5.74, 6) is -0.262. The Morgan fingerprint density at radius 2 is 2.00 bits per heavy atom. The van der Waals surface area contributed by atoms with Gasteiger partial charge in [0.25, 0.3) is 0 Å². The fourth-order valence-electron chi connectivity index (χ4n) is 2.28. The number of ether oxygens (including phenoxy) is 1. The van der Waals surface area contributed by atoms with E-state index in [4.69, 9.17) is 4.74 Å². The van der Waals surface area contributed by atoms with Crippen LogP contribution in [0.3, 0.4) is 0 Å². The summed E-state index contributed by atoms with van der Waals surface area (Å²) in [4.78, 5) is 0. The van der Waals surface area contributed by atoms with Gasteiger partial charge in [0.15, 0.2) is 0 Å². The Kier molecular flexibility index (Phi) is 3.92. The second-order valence-electron chi connectivity index (χ2n) is 4.51. The molecule has 1 aliphatic rings. The first-order chi connectivity index (χ1) is 8.50. The molecule has 2 rings (SSSR count). The fourth-order valence-corrected chi connectivity index (χ4v) is 2.28. The Balaban J connectivity index is 2.26. The molecule has 1 fully saturated rings. The van der Waals surface area contributed by atoms with Crippen molar-refractivity contribution in [2.24, 2.45) is 5.92 Å². The molecule has 2 unspecified atom stereocenters. The molecule has 1 aromatic carbocycles. The van der Waals surface area contributed by atoms with Crippen LogP contribution in [-0.4, -0.2) is 18.3 Å². The molecule has 0 amide bonds. The standard InChI is InChI=1S/C13H15F3O2/c14-13(15,16)11-6-2-1-5-10(11)12(17)9-4-3-7-18-8-9/h1-2,5-6,9,12,17H,3-4,7-8H2. The number of aliphatic hydroxyl groups is 1.